The fourth-order valence-corrected chi connectivity index (χ4v) is 6.31. The molecule has 8 heteroatoms. The van der Waals surface area contributed by atoms with Gasteiger partial charge in [0, 0.05) is 29.8 Å². The maximum Gasteiger partial charge on any atom is 0.229 e. The quantitative estimate of drug-likeness (QED) is 0.590. The molecule has 1 aliphatic carbocycles. The van der Waals surface area contributed by atoms with Gasteiger partial charge >= 0.3 is 0 Å². The van der Waals surface area contributed by atoms with Crippen LogP contribution < -0.4 is 5.32 Å². The van der Waals surface area contributed by atoms with Gasteiger partial charge < -0.3 is 10.2 Å². The molecule has 0 bridgehead atoms. The van der Waals surface area contributed by atoms with E-state index < -0.39 is 0 Å². The van der Waals surface area contributed by atoms with Crippen LogP contribution >= 0.6 is 34.0 Å². The lowest BCUT2D eigenvalue weighted by molar-refractivity contribution is -0.135. The number of amides is 2. The second kappa shape index (κ2) is 8.01. The summed E-state index contributed by atoms with van der Waals surface area (Å²) in [5, 5.41) is 7.80. The number of thiophene rings is 2. The number of likely N-dealkylation sites (tertiary alicyclic amines) is 1. The van der Waals surface area contributed by atoms with Crippen molar-refractivity contribution in [3.05, 3.63) is 35.0 Å². The maximum atomic E-state index is 12.8. The van der Waals surface area contributed by atoms with E-state index in [4.69, 9.17) is 4.98 Å². The minimum atomic E-state index is -0.0578. The molecule has 2 fully saturated rings. The Balaban J connectivity index is 1.29. The summed E-state index contributed by atoms with van der Waals surface area (Å²) in [5.74, 6) is 0.497. The molecule has 3 aromatic heterocycles. The number of anilines is 1. The Bertz CT molecular complexity index is 947. The predicted molar refractivity (Wildman–Crippen MR) is 119 cm³/mol. The van der Waals surface area contributed by atoms with Crippen LogP contribution in [0.3, 0.4) is 0 Å². The number of hydrogen-bond donors (Lipinski definition) is 1. The second-order valence-electron chi connectivity index (χ2n) is 7.51. The molecule has 0 unspecified atom stereocenters. The number of hydrogen-bond acceptors (Lipinski definition) is 6. The van der Waals surface area contributed by atoms with Gasteiger partial charge in [-0.2, -0.15) is 0 Å². The molecule has 150 valence electrons. The van der Waals surface area contributed by atoms with Crippen LogP contribution in [0.2, 0.25) is 0 Å². The molecule has 3 aromatic rings. The molecule has 1 N–H and O–H groups in total. The van der Waals surface area contributed by atoms with Crippen molar-refractivity contribution in [3.8, 4) is 20.3 Å². The Kier molecular flexibility index (Phi) is 5.24. The number of thiazole rings is 1. The molecule has 0 radical (unpaired) electrons. The second-order valence-corrected chi connectivity index (χ2v) is 10.4. The molecule has 0 atom stereocenters. The summed E-state index contributed by atoms with van der Waals surface area (Å²) in [7, 11) is 0. The summed E-state index contributed by atoms with van der Waals surface area (Å²) >= 11 is 4.87. The van der Waals surface area contributed by atoms with Gasteiger partial charge in [0.15, 0.2) is 5.13 Å². The highest BCUT2D eigenvalue weighted by Gasteiger charge is 2.36. The van der Waals surface area contributed by atoms with Gasteiger partial charge in [-0.3, -0.25) is 9.59 Å². The van der Waals surface area contributed by atoms with E-state index in [9.17, 15) is 9.59 Å². The Hall–Kier alpha value is -2.03. The molecule has 5 nitrogen and oxygen atoms in total. The van der Waals surface area contributed by atoms with Crippen LogP contribution in [0, 0.1) is 11.8 Å². The van der Waals surface area contributed by atoms with Crippen molar-refractivity contribution in [3.63, 3.8) is 0 Å². The van der Waals surface area contributed by atoms with E-state index in [1.165, 1.54) is 16.2 Å². The monoisotopic (exact) mass is 443 g/mol. The van der Waals surface area contributed by atoms with Gasteiger partial charge in [0.05, 0.1) is 9.75 Å². The maximum absolute atomic E-state index is 12.8. The normalized spacial score (nSPS) is 17.4. The summed E-state index contributed by atoms with van der Waals surface area (Å²) < 4.78 is 0. The molecule has 1 aliphatic heterocycles. The Morgan fingerprint density at radius 3 is 2.28 bits per heavy atom. The van der Waals surface area contributed by atoms with Gasteiger partial charge in [0.1, 0.15) is 5.69 Å². The fraction of sp³-hybridized carbons (Fsp3) is 0.381. The largest absolute Gasteiger partial charge is 0.342 e. The summed E-state index contributed by atoms with van der Waals surface area (Å²) in [5.41, 5.74) is 0.938. The number of rotatable bonds is 5. The van der Waals surface area contributed by atoms with E-state index in [2.05, 4.69) is 22.8 Å². The van der Waals surface area contributed by atoms with Crippen molar-refractivity contribution < 1.29 is 9.59 Å². The standard InChI is InChI=1S/C21H21N3O2S3/c25-19(13-7-9-24(10-8-13)20(26)14-5-6-14)23-21-22-17(15-3-1-11-27-15)18(29-21)16-4-2-12-28-16/h1-4,11-14H,5-10H2,(H,22,23,25). The van der Waals surface area contributed by atoms with Crippen molar-refractivity contribution >= 4 is 51.0 Å². The number of carbonyl (C=O) groups excluding carboxylic acids is 2. The van der Waals surface area contributed by atoms with Crippen LogP contribution in [-0.4, -0.2) is 34.8 Å². The number of nitrogens with zero attached hydrogens (tertiary/aromatic N) is 2. The lowest BCUT2D eigenvalue weighted by atomic mass is 9.95. The van der Waals surface area contributed by atoms with E-state index >= 15 is 0 Å². The molecule has 5 rings (SSSR count). The first kappa shape index (κ1) is 19.0. The highest BCUT2D eigenvalue weighted by Crippen LogP contribution is 2.42. The molecule has 2 amide bonds. The number of aromatic nitrogens is 1. The van der Waals surface area contributed by atoms with Crippen LogP contribution in [-0.2, 0) is 9.59 Å². The molecule has 2 aliphatic rings. The highest BCUT2D eigenvalue weighted by molar-refractivity contribution is 7.24. The van der Waals surface area contributed by atoms with Crippen LogP contribution in [0.15, 0.2) is 35.0 Å². The van der Waals surface area contributed by atoms with Crippen molar-refractivity contribution in [2.45, 2.75) is 25.7 Å². The lowest BCUT2D eigenvalue weighted by Gasteiger charge is -2.31. The van der Waals surface area contributed by atoms with E-state index in [0.29, 0.717) is 18.2 Å². The zero-order chi connectivity index (χ0) is 19.8. The molecular weight excluding hydrogens is 422 g/mol. The van der Waals surface area contributed by atoms with E-state index in [1.807, 2.05) is 22.4 Å². The average molecular weight is 444 g/mol. The van der Waals surface area contributed by atoms with E-state index in [1.54, 1.807) is 22.7 Å². The smallest absolute Gasteiger partial charge is 0.229 e. The summed E-state index contributed by atoms with van der Waals surface area (Å²) in [6, 6.07) is 8.21. The minimum absolute atomic E-state index is 0.0210. The molecular formula is C21H21N3O2S3. The Morgan fingerprint density at radius 1 is 0.966 bits per heavy atom. The number of piperidine rings is 1. The molecule has 0 aromatic carbocycles. The lowest BCUT2D eigenvalue weighted by Crippen LogP contribution is -2.42. The SMILES string of the molecule is O=C(Nc1nc(-c2cccs2)c(-c2cccs2)s1)C1CCN(C(=O)C2CC2)CC1. The zero-order valence-corrected chi connectivity index (χ0v) is 18.2. The number of carbonyl (C=O) groups is 2. The molecule has 29 heavy (non-hydrogen) atoms. The third-order valence-electron chi connectivity index (χ3n) is 5.46. The van der Waals surface area contributed by atoms with Crippen LogP contribution in [0.1, 0.15) is 25.7 Å². The first-order valence-corrected chi connectivity index (χ1v) is 12.4. The first-order valence-electron chi connectivity index (χ1n) is 9.87. The van der Waals surface area contributed by atoms with Crippen LogP contribution in [0.25, 0.3) is 20.3 Å². The third kappa shape index (κ3) is 4.01. The minimum Gasteiger partial charge on any atom is -0.342 e. The van der Waals surface area contributed by atoms with Crippen molar-refractivity contribution in [2.24, 2.45) is 11.8 Å². The highest BCUT2D eigenvalue weighted by atomic mass is 32.1. The Morgan fingerprint density at radius 2 is 1.66 bits per heavy atom. The van der Waals surface area contributed by atoms with Crippen molar-refractivity contribution in [2.75, 3.05) is 18.4 Å². The first-order chi connectivity index (χ1) is 14.2. The summed E-state index contributed by atoms with van der Waals surface area (Å²) in [4.78, 5) is 35.1. The van der Waals surface area contributed by atoms with Gasteiger partial charge in [0.2, 0.25) is 11.8 Å². The van der Waals surface area contributed by atoms with Gasteiger partial charge in [-0.25, -0.2) is 4.98 Å². The van der Waals surface area contributed by atoms with E-state index in [0.717, 1.165) is 41.1 Å². The van der Waals surface area contributed by atoms with Crippen LogP contribution in [0.5, 0.6) is 0 Å². The zero-order valence-electron chi connectivity index (χ0n) is 15.8. The Labute approximate surface area is 181 Å². The van der Waals surface area contributed by atoms with Crippen molar-refractivity contribution in [1.29, 1.82) is 0 Å². The molecule has 1 saturated heterocycles. The molecule has 4 heterocycles. The van der Waals surface area contributed by atoms with Gasteiger partial charge in [0.25, 0.3) is 0 Å². The summed E-state index contributed by atoms with van der Waals surface area (Å²) in [6.07, 6.45) is 3.52. The van der Waals surface area contributed by atoms with Gasteiger partial charge in [-0.15, -0.1) is 22.7 Å². The van der Waals surface area contributed by atoms with Crippen LogP contribution in [0.4, 0.5) is 5.13 Å². The van der Waals surface area contributed by atoms with Gasteiger partial charge in [-0.1, -0.05) is 23.5 Å². The average Bonchev–Trinajstić information content (AvgIpc) is 3.15. The van der Waals surface area contributed by atoms with Crippen molar-refractivity contribution in [1.82, 2.24) is 9.88 Å². The fourth-order valence-electron chi connectivity index (χ4n) is 3.69. The predicted octanol–water partition coefficient (Wildman–Crippen LogP) is 5.19. The third-order valence-corrected chi connectivity index (χ3v) is 8.36. The summed E-state index contributed by atoms with van der Waals surface area (Å²) in [6.45, 7) is 1.37. The topological polar surface area (TPSA) is 62.3 Å². The number of nitrogens with one attached hydrogen (secondary N) is 1. The van der Waals surface area contributed by atoms with E-state index in [-0.39, 0.29) is 23.7 Å². The molecule has 1 saturated carbocycles. The molecule has 0 spiro atoms. The van der Waals surface area contributed by atoms with Gasteiger partial charge in [-0.05, 0) is 48.6 Å².